The lowest BCUT2D eigenvalue weighted by atomic mass is 9.59. The molecule has 4 nitrogen and oxygen atoms in total. The lowest BCUT2D eigenvalue weighted by Gasteiger charge is -2.51. The number of rotatable bonds is 4. The van der Waals surface area contributed by atoms with Crippen LogP contribution < -0.4 is 14.4 Å². The SMILES string of the molecule is COC1(C)c2c3c(c4cc5c(cc4c2-c2ccccc2C1(C)C)CCCO5)OC(c1ccccc1)(c1ccc(N2CCCCC2)cc1)C=C3. The number of anilines is 1. The number of piperidine rings is 1. The molecule has 5 aromatic rings. The zero-order valence-electron chi connectivity index (χ0n) is 29.1. The smallest absolute Gasteiger partial charge is 0.178 e. The number of hydrogen-bond donors (Lipinski definition) is 0. The van der Waals surface area contributed by atoms with Crippen molar-refractivity contribution in [3.63, 3.8) is 0 Å². The van der Waals surface area contributed by atoms with E-state index in [-0.39, 0.29) is 5.41 Å². The number of methoxy groups -OCH3 is 1. The molecule has 0 radical (unpaired) electrons. The molecule has 4 heteroatoms. The van der Waals surface area contributed by atoms with Crippen LogP contribution in [-0.4, -0.2) is 26.8 Å². The first-order valence-corrected chi connectivity index (χ1v) is 18.1. The van der Waals surface area contributed by atoms with Crippen LogP contribution in [-0.2, 0) is 27.8 Å². The predicted octanol–water partition coefficient (Wildman–Crippen LogP) is 10.3. The topological polar surface area (TPSA) is 30.9 Å². The summed E-state index contributed by atoms with van der Waals surface area (Å²) in [6.07, 6.45) is 10.5. The quantitative estimate of drug-likeness (QED) is 0.194. The van der Waals surface area contributed by atoms with Crippen LogP contribution in [0.3, 0.4) is 0 Å². The second-order valence-corrected chi connectivity index (χ2v) is 15.0. The minimum Gasteiger partial charge on any atom is -0.493 e. The van der Waals surface area contributed by atoms with Gasteiger partial charge in [0.05, 0.1) is 6.61 Å². The summed E-state index contributed by atoms with van der Waals surface area (Å²) >= 11 is 0. The van der Waals surface area contributed by atoms with Gasteiger partial charge in [-0.15, -0.1) is 0 Å². The van der Waals surface area contributed by atoms with E-state index in [1.54, 1.807) is 0 Å². The molecule has 9 rings (SSSR count). The van der Waals surface area contributed by atoms with Gasteiger partial charge in [-0.25, -0.2) is 0 Å². The van der Waals surface area contributed by atoms with Gasteiger partial charge in [0, 0.05) is 58.9 Å². The molecule has 0 N–H and O–H groups in total. The highest BCUT2D eigenvalue weighted by Crippen LogP contribution is 2.61. The molecule has 49 heavy (non-hydrogen) atoms. The van der Waals surface area contributed by atoms with E-state index >= 15 is 0 Å². The van der Waals surface area contributed by atoms with Crippen molar-refractivity contribution in [1.82, 2.24) is 0 Å². The van der Waals surface area contributed by atoms with Crippen LogP contribution in [0.2, 0.25) is 0 Å². The van der Waals surface area contributed by atoms with Crippen LogP contribution in [0, 0.1) is 0 Å². The van der Waals surface area contributed by atoms with Crippen molar-refractivity contribution in [2.75, 3.05) is 31.7 Å². The van der Waals surface area contributed by atoms with Gasteiger partial charge in [0.1, 0.15) is 17.1 Å². The first-order valence-electron chi connectivity index (χ1n) is 18.1. The zero-order valence-corrected chi connectivity index (χ0v) is 29.1. The molecule has 2 atom stereocenters. The van der Waals surface area contributed by atoms with E-state index in [1.165, 1.54) is 58.2 Å². The third-order valence-corrected chi connectivity index (χ3v) is 12.2. The van der Waals surface area contributed by atoms with Gasteiger partial charge >= 0.3 is 0 Å². The van der Waals surface area contributed by atoms with Crippen LogP contribution in [0.5, 0.6) is 11.5 Å². The number of aryl methyl sites for hydroxylation is 1. The molecule has 1 aliphatic carbocycles. The van der Waals surface area contributed by atoms with Crippen LogP contribution in [0.25, 0.3) is 28.0 Å². The molecule has 3 aliphatic heterocycles. The highest BCUT2D eigenvalue weighted by Gasteiger charge is 2.53. The summed E-state index contributed by atoms with van der Waals surface area (Å²) in [7, 11) is 1.86. The Morgan fingerprint density at radius 2 is 1.49 bits per heavy atom. The first kappa shape index (κ1) is 30.5. The monoisotopic (exact) mass is 647 g/mol. The number of hydrogen-bond acceptors (Lipinski definition) is 4. The Balaban J connectivity index is 1.33. The van der Waals surface area contributed by atoms with E-state index in [4.69, 9.17) is 14.2 Å². The molecular weight excluding hydrogens is 602 g/mol. The van der Waals surface area contributed by atoms with Gasteiger partial charge in [-0.3, -0.25) is 0 Å². The summed E-state index contributed by atoms with van der Waals surface area (Å²) in [6, 6.07) is 33.3. The van der Waals surface area contributed by atoms with E-state index in [0.29, 0.717) is 0 Å². The number of benzene rings is 5. The molecular formula is C45H45NO3. The van der Waals surface area contributed by atoms with Gasteiger partial charge in [-0.2, -0.15) is 0 Å². The van der Waals surface area contributed by atoms with Gasteiger partial charge in [0.15, 0.2) is 5.60 Å². The minimum atomic E-state index is -0.821. The highest BCUT2D eigenvalue weighted by atomic mass is 16.5. The summed E-state index contributed by atoms with van der Waals surface area (Å²) in [4.78, 5) is 2.52. The molecule has 0 amide bonds. The average Bonchev–Trinajstić information content (AvgIpc) is 3.16. The summed E-state index contributed by atoms with van der Waals surface area (Å²) in [6.45, 7) is 9.88. The molecule has 4 aliphatic rings. The second-order valence-electron chi connectivity index (χ2n) is 15.0. The first-order chi connectivity index (χ1) is 23.9. The predicted molar refractivity (Wildman–Crippen MR) is 200 cm³/mol. The summed E-state index contributed by atoms with van der Waals surface area (Å²) in [5, 5.41) is 2.28. The standard InChI is InChI=1S/C45H45NO3/c1-43(2)38-18-10-9-17-34(38)40-36-28-30-14-13-27-48-39(30)29-37(36)42-35(41(40)44(43,3)47-4)23-24-45(49-42,31-15-7-5-8-16-31)32-19-21-33(22-20-32)46-25-11-6-12-26-46/h5,7-10,15-24,28-29H,6,11-14,25-27H2,1-4H3. The van der Waals surface area contributed by atoms with Crippen molar-refractivity contribution < 1.29 is 14.2 Å². The minimum absolute atomic E-state index is 0.309. The van der Waals surface area contributed by atoms with Crippen LogP contribution in [0.15, 0.2) is 97.1 Å². The van der Waals surface area contributed by atoms with Crippen molar-refractivity contribution in [2.24, 2.45) is 0 Å². The molecule has 2 unspecified atom stereocenters. The van der Waals surface area contributed by atoms with Gasteiger partial charge in [-0.05, 0) is 97.0 Å². The van der Waals surface area contributed by atoms with E-state index < -0.39 is 11.2 Å². The Labute approximate surface area is 290 Å². The van der Waals surface area contributed by atoms with Crippen molar-refractivity contribution in [3.8, 4) is 22.6 Å². The maximum atomic E-state index is 7.63. The highest BCUT2D eigenvalue weighted by molar-refractivity contribution is 6.08. The zero-order chi connectivity index (χ0) is 33.4. The van der Waals surface area contributed by atoms with Crippen molar-refractivity contribution in [3.05, 3.63) is 130 Å². The fourth-order valence-corrected chi connectivity index (χ4v) is 9.17. The van der Waals surface area contributed by atoms with Crippen LogP contribution in [0.1, 0.15) is 79.8 Å². The summed E-state index contributed by atoms with van der Waals surface area (Å²) in [5.74, 6) is 1.85. The molecule has 1 saturated heterocycles. The molecule has 248 valence electrons. The van der Waals surface area contributed by atoms with Crippen molar-refractivity contribution in [1.29, 1.82) is 0 Å². The fraction of sp³-hybridized carbons (Fsp3) is 0.333. The maximum Gasteiger partial charge on any atom is 0.178 e. The second kappa shape index (κ2) is 11.2. The lowest BCUT2D eigenvalue weighted by Crippen LogP contribution is -2.48. The van der Waals surface area contributed by atoms with Crippen LogP contribution in [0.4, 0.5) is 5.69 Å². The van der Waals surface area contributed by atoms with E-state index in [2.05, 4.69) is 129 Å². The third kappa shape index (κ3) is 4.39. The van der Waals surface area contributed by atoms with Gasteiger partial charge in [0.25, 0.3) is 0 Å². The normalized spacial score (nSPS) is 23.5. The Hall–Kier alpha value is -4.54. The summed E-state index contributed by atoms with van der Waals surface area (Å²) in [5.41, 5.74) is 9.09. The average molecular weight is 648 g/mol. The molecule has 3 heterocycles. The van der Waals surface area contributed by atoms with E-state index in [9.17, 15) is 0 Å². The molecule has 0 bridgehead atoms. The van der Waals surface area contributed by atoms with E-state index in [1.807, 2.05) is 7.11 Å². The lowest BCUT2D eigenvalue weighted by molar-refractivity contribution is -0.0572. The number of ether oxygens (including phenoxy) is 3. The fourth-order valence-electron chi connectivity index (χ4n) is 9.17. The Morgan fingerprint density at radius 1 is 0.755 bits per heavy atom. The molecule has 5 aromatic carbocycles. The number of fused-ring (bicyclic) bond motifs is 9. The Bertz CT molecular complexity index is 2110. The largest absolute Gasteiger partial charge is 0.493 e. The molecule has 0 saturated carbocycles. The van der Waals surface area contributed by atoms with E-state index in [0.717, 1.165) is 66.1 Å². The number of nitrogens with zero attached hydrogens (tertiary/aromatic N) is 1. The Kier molecular flexibility index (Phi) is 7.00. The third-order valence-electron chi connectivity index (χ3n) is 12.2. The van der Waals surface area contributed by atoms with Crippen molar-refractivity contribution in [2.45, 2.75) is 69.5 Å². The van der Waals surface area contributed by atoms with Gasteiger partial charge < -0.3 is 19.1 Å². The molecule has 0 spiro atoms. The van der Waals surface area contributed by atoms with Gasteiger partial charge in [0.2, 0.25) is 0 Å². The Morgan fingerprint density at radius 3 is 2.27 bits per heavy atom. The van der Waals surface area contributed by atoms with Crippen molar-refractivity contribution >= 4 is 22.5 Å². The summed E-state index contributed by atoms with van der Waals surface area (Å²) < 4.78 is 20.6. The van der Waals surface area contributed by atoms with Crippen LogP contribution >= 0.6 is 0 Å². The maximum absolute atomic E-state index is 7.63. The molecule has 1 fully saturated rings. The van der Waals surface area contributed by atoms with Gasteiger partial charge in [-0.1, -0.05) is 86.7 Å². The molecule has 0 aromatic heterocycles.